The minimum Gasteiger partial charge on any atom is -0.481 e. The second-order valence-corrected chi connectivity index (χ2v) is 6.34. The van der Waals surface area contributed by atoms with E-state index >= 15 is 0 Å². The van der Waals surface area contributed by atoms with Gasteiger partial charge in [0, 0.05) is 30.9 Å². The Labute approximate surface area is 112 Å². The first-order valence-electron chi connectivity index (χ1n) is 6.36. The van der Waals surface area contributed by atoms with Crippen molar-refractivity contribution in [3.05, 3.63) is 16.1 Å². The Morgan fingerprint density at radius 1 is 1.61 bits per heavy atom. The van der Waals surface area contributed by atoms with E-state index in [1.165, 1.54) is 0 Å². The third-order valence-corrected chi connectivity index (χ3v) is 4.65. The standard InChI is InChI=1S/C13H20N2O2S/c1-8(2)12-14-10(7-18-12)5-15-4-9(3)11(6-15)13(16)17/h7-9,11H,4-6H2,1-3H3,(H,16,17)/t9-,11-/m1/s1. The van der Waals surface area contributed by atoms with Crippen molar-refractivity contribution in [3.8, 4) is 0 Å². The molecule has 5 heteroatoms. The van der Waals surface area contributed by atoms with Gasteiger partial charge in [-0.3, -0.25) is 9.69 Å². The molecule has 0 saturated carbocycles. The van der Waals surface area contributed by atoms with Gasteiger partial charge in [0.05, 0.1) is 16.6 Å². The van der Waals surface area contributed by atoms with Crippen molar-refractivity contribution in [3.63, 3.8) is 0 Å². The van der Waals surface area contributed by atoms with Crippen LogP contribution in [0.3, 0.4) is 0 Å². The minimum absolute atomic E-state index is 0.228. The van der Waals surface area contributed by atoms with Gasteiger partial charge in [0.1, 0.15) is 0 Å². The first kappa shape index (κ1) is 13.5. The average molecular weight is 268 g/mol. The molecule has 2 heterocycles. The molecule has 1 N–H and O–H groups in total. The summed E-state index contributed by atoms with van der Waals surface area (Å²) in [4.78, 5) is 17.9. The number of rotatable bonds is 4. The molecule has 1 aromatic rings. The topological polar surface area (TPSA) is 53.4 Å². The molecule has 2 rings (SSSR count). The maximum Gasteiger partial charge on any atom is 0.308 e. The van der Waals surface area contributed by atoms with Crippen LogP contribution in [-0.2, 0) is 11.3 Å². The highest BCUT2D eigenvalue weighted by Crippen LogP contribution is 2.26. The Morgan fingerprint density at radius 2 is 2.33 bits per heavy atom. The first-order chi connectivity index (χ1) is 8.47. The van der Waals surface area contributed by atoms with E-state index in [0.717, 1.165) is 23.8 Å². The summed E-state index contributed by atoms with van der Waals surface area (Å²) in [5.74, 6) is -0.210. The average Bonchev–Trinajstić information content (AvgIpc) is 2.86. The smallest absolute Gasteiger partial charge is 0.308 e. The lowest BCUT2D eigenvalue weighted by atomic mass is 9.99. The number of thiazole rings is 1. The van der Waals surface area contributed by atoms with Crippen molar-refractivity contribution in [2.75, 3.05) is 13.1 Å². The Balaban J connectivity index is 1.96. The van der Waals surface area contributed by atoms with E-state index in [9.17, 15) is 4.79 Å². The normalized spacial score (nSPS) is 24.9. The number of carbonyl (C=O) groups is 1. The van der Waals surface area contributed by atoms with Gasteiger partial charge >= 0.3 is 5.97 Å². The lowest BCUT2D eigenvalue weighted by Gasteiger charge is -2.13. The van der Waals surface area contributed by atoms with Crippen molar-refractivity contribution in [1.82, 2.24) is 9.88 Å². The van der Waals surface area contributed by atoms with Crippen LogP contribution in [0.25, 0.3) is 0 Å². The summed E-state index contributed by atoms with van der Waals surface area (Å²) in [5, 5.41) is 12.4. The van der Waals surface area contributed by atoms with Crippen LogP contribution in [-0.4, -0.2) is 34.0 Å². The molecule has 0 unspecified atom stereocenters. The molecule has 1 saturated heterocycles. The molecular weight excluding hydrogens is 248 g/mol. The molecule has 4 nitrogen and oxygen atoms in total. The quantitative estimate of drug-likeness (QED) is 0.911. The molecular formula is C13H20N2O2S. The van der Waals surface area contributed by atoms with Gasteiger partial charge in [0.2, 0.25) is 0 Å². The number of hydrogen-bond acceptors (Lipinski definition) is 4. The van der Waals surface area contributed by atoms with E-state index in [1.54, 1.807) is 11.3 Å². The van der Waals surface area contributed by atoms with Gasteiger partial charge in [-0.25, -0.2) is 4.98 Å². The van der Waals surface area contributed by atoms with Crippen molar-refractivity contribution < 1.29 is 9.90 Å². The zero-order valence-corrected chi connectivity index (χ0v) is 11.9. The summed E-state index contributed by atoms with van der Waals surface area (Å²) >= 11 is 1.69. The highest BCUT2D eigenvalue weighted by Gasteiger charge is 2.34. The van der Waals surface area contributed by atoms with Gasteiger partial charge in [0.15, 0.2) is 0 Å². The maximum atomic E-state index is 11.1. The molecule has 100 valence electrons. The van der Waals surface area contributed by atoms with Gasteiger partial charge in [-0.15, -0.1) is 11.3 Å². The van der Waals surface area contributed by atoms with Crippen molar-refractivity contribution in [2.45, 2.75) is 33.2 Å². The number of aliphatic carboxylic acids is 1. The molecule has 0 aliphatic carbocycles. The second kappa shape index (κ2) is 5.36. The molecule has 0 aromatic carbocycles. The minimum atomic E-state index is -0.675. The molecule has 1 aromatic heterocycles. The van der Waals surface area contributed by atoms with Gasteiger partial charge in [-0.05, 0) is 5.92 Å². The Bertz CT molecular complexity index is 430. The Morgan fingerprint density at radius 3 is 2.83 bits per heavy atom. The number of aromatic nitrogens is 1. The first-order valence-corrected chi connectivity index (χ1v) is 7.24. The summed E-state index contributed by atoms with van der Waals surface area (Å²) < 4.78 is 0. The van der Waals surface area contributed by atoms with Crippen molar-refractivity contribution in [1.29, 1.82) is 0 Å². The van der Waals surface area contributed by atoms with Crippen molar-refractivity contribution >= 4 is 17.3 Å². The fourth-order valence-electron chi connectivity index (χ4n) is 2.41. The highest BCUT2D eigenvalue weighted by molar-refractivity contribution is 7.09. The van der Waals surface area contributed by atoms with Crippen LogP contribution in [0.4, 0.5) is 0 Å². The van der Waals surface area contributed by atoms with Crippen LogP contribution in [0.1, 0.15) is 37.4 Å². The number of carboxylic acids is 1. The molecule has 0 radical (unpaired) electrons. The fraction of sp³-hybridized carbons (Fsp3) is 0.692. The van der Waals surface area contributed by atoms with E-state index in [-0.39, 0.29) is 11.8 Å². The Hall–Kier alpha value is -0.940. The van der Waals surface area contributed by atoms with Gasteiger partial charge in [-0.2, -0.15) is 0 Å². The number of nitrogens with zero attached hydrogens (tertiary/aromatic N) is 2. The van der Waals surface area contributed by atoms with Crippen LogP contribution in [0.2, 0.25) is 0 Å². The number of hydrogen-bond donors (Lipinski definition) is 1. The van der Waals surface area contributed by atoms with Gasteiger partial charge < -0.3 is 5.11 Å². The number of carboxylic acid groups (broad SMARTS) is 1. The van der Waals surface area contributed by atoms with Gasteiger partial charge in [0.25, 0.3) is 0 Å². The molecule has 0 bridgehead atoms. The fourth-order valence-corrected chi connectivity index (χ4v) is 3.23. The molecule has 0 amide bonds. The largest absolute Gasteiger partial charge is 0.481 e. The lowest BCUT2D eigenvalue weighted by molar-refractivity contribution is -0.142. The maximum absolute atomic E-state index is 11.1. The summed E-state index contributed by atoms with van der Waals surface area (Å²) in [6.07, 6.45) is 0. The SMILES string of the molecule is CC(C)c1nc(CN2C[C@@H](C)[C@H](C(=O)O)C2)cs1. The molecule has 0 spiro atoms. The van der Waals surface area contributed by atoms with E-state index < -0.39 is 5.97 Å². The summed E-state index contributed by atoms with van der Waals surface area (Å²) in [5.41, 5.74) is 1.07. The Kier molecular flexibility index (Phi) is 4.02. The predicted octanol–water partition coefficient (Wildman–Crippen LogP) is 2.42. The second-order valence-electron chi connectivity index (χ2n) is 5.45. The zero-order chi connectivity index (χ0) is 13.3. The van der Waals surface area contributed by atoms with Crippen LogP contribution in [0, 0.1) is 11.8 Å². The summed E-state index contributed by atoms with van der Waals surface area (Å²) in [7, 11) is 0. The molecule has 1 fully saturated rings. The van der Waals surface area contributed by atoms with Crippen LogP contribution in [0.5, 0.6) is 0 Å². The van der Waals surface area contributed by atoms with Crippen LogP contribution < -0.4 is 0 Å². The lowest BCUT2D eigenvalue weighted by Crippen LogP contribution is -2.23. The summed E-state index contributed by atoms with van der Waals surface area (Å²) in [6.45, 7) is 8.56. The molecule has 1 aliphatic rings. The van der Waals surface area contributed by atoms with Gasteiger partial charge in [-0.1, -0.05) is 20.8 Å². The van der Waals surface area contributed by atoms with E-state index in [2.05, 4.69) is 29.1 Å². The van der Waals surface area contributed by atoms with E-state index in [0.29, 0.717) is 12.5 Å². The van der Waals surface area contributed by atoms with E-state index in [4.69, 9.17) is 5.11 Å². The van der Waals surface area contributed by atoms with Crippen LogP contribution >= 0.6 is 11.3 Å². The highest BCUT2D eigenvalue weighted by atomic mass is 32.1. The zero-order valence-electron chi connectivity index (χ0n) is 11.1. The molecule has 1 aliphatic heterocycles. The van der Waals surface area contributed by atoms with Crippen molar-refractivity contribution in [2.24, 2.45) is 11.8 Å². The summed E-state index contributed by atoms with van der Waals surface area (Å²) in [6, 6.07) is 0. The number of likely N-dealkylation sites (tertiary alicyclic amines) is 1. The predicted molar refractivity (Wildman–Crippen MR) is 71.8 cm³/mol. The van der Waals surface area contributed by atoms with E-state index in [1.807, 2.05) is 6.92 Å². The molecule has 2 atom stereocenters. The third kappa shape index (κ3) is 2.90. The monoisotopic (exact) mass is 268 g/mol. The van der Waals surface area contributed by atoms with Crippen LogP contribution in [0.15, 0.2) is 5.38 Å². The third-order valence-electron chi connectivity index (χ3n) is 3.45. The molecule has 18 heavy (non-hydrogen) atoms.